The number of nitrogens with one attached hydrogen (secondary N) is 1. The lowest BCUT2D eigenvalue weighted by molar-refractivity contribution is -0.123. The third kappa shape index (κ3) is 4.79. The molecule has 132 valence electrons. The molecule has 2 rings (SSSR count). The van der Waals surface area contributed by atoms with Crippen LogP contribution in [0.25, 0.3) is 0 Å². The molecule has 2 aromatic carbocycles. The lowest BCUT2D eigenvalue weighted by atomic mass is 10.2. The Morgan fingerprint density at radius 1 is 1.20 bits per heavy atom. The van der Waals surface area contributed by atoms with Crippen LogP contribution in [0.4, 0.5) is 10.1 Å². The average molecular weight is 410 g/mol. The van der Waals surface area contributed by atoms with Gasteiger partial charge in [-0.2, -0.15) is 0 Å². The molecule has 1 atom stereocenters. The van der Waals surface area contributed by atoms with Gasteiger partial charge >= 0.3 is 5.97 Å². The van der Waals surface area contributed by atoms with Gasteiger partial charge in [0.05, 0.1) is 18.4 Å². The monoisotopic (exact) mass is 409 g/mol. The van der Waals surface area contributed by atoms with Gasteiger partial charge in [-0.3, -0.25) is 4.79 Å². The van der Waals surface area contributed by atoms with Gasteiger partial charge in [-0.05, 0) is 65.7 Å². The van der Waals surface area contributed by atoms with E-state index in [9.17, 15) is 14.0 Å². The van der Waals surface area contributed by atoms with Gasteiger partial charge in [0.1, 0.15) is 0 Å². The largest absolute Gasteiger partial charge is 0.494 e. The Hall–Kier alpha value is -2.41. The number of methoxy groups -OCH3 is 1. The van der Waals surface area contributed by atoms with Gasteiger partial charge in [0, 0.05) is 4.47 Å². The van der Waals surface area contributed by atoms with Crippen LogP contribution in [0, 0.1) is 12.7 Å². The van der Waals surface area contributed by atoms with Crippen molar-refractivity contribution in [2.45, 2.75) is 20.0 Å². The fourth-order valence-electron chi connectivity index (χ4n) is 2.03. The standard InChI is InChI=1S/C18H17BrFNO4/c1-10-4-6-15(13(19)8-10)21-17(22)11(2)25-18(23)12-5-7-16(24-3)14(20)9-12/h4-9,11H,1-3H3,(H,21,22)/t11-/m0/s1. The summed E-state index contributed by atoms with van der Waals surface area (Å²) in [5.41, 5.74) is 1.59. The van der Waals surface area contributed by atoms with E-state index in [1.165, 1.54) is 26.2 Å². The molecule has 1 amide bonds. The van der Waals surface area contributed by atoms with Crippen molar-refractivity contribution < 1.29 is 23.5 Å². The maximum Gasteiger partial charge on any atom is 0.339 e. The van der Waals surface area contributed by atoms with Crippen molar-refractivity contribution in [2.24, 2.45) is 0 Å². The van der Waals surface area contributed by atoms with Crippen molar-refractivity contribution in [2.75, 3.05) is 12.4 Å². The first-order chi connectivity index (χ1) is 11.8. The van der Waals surface area contributed by atoms with E-state index in [1.807, 2.05) is 19.1 Å². The summed E-state index contributed by atoms with van der Waals surface area (Å²) in [6.45, 7) is 3.37. The normalized spacial score (nSPS) is 11.6. The molecule has 0 spiro atoms. The maximum absolute atomic E-state index is 13.7. The Morgan fingerprint density at radius 2 is 1.92 bits per heavy atom. The first kappa shape index (κ1) is 18.9. The summed E-state index contributed by atoms with van der Waals surface area (Å²) < 4.78 is 24.3. The Kier molecular flexibility index (Phi) is 6.14. The Labute approximate surface area is 153 Å². The summed E-state index contributed by atoms with van der Waals surface area (Å²) in [5, 5.41) is 2.67. The van der Waals surface area contributed by atoms with Gasteiger partial charge < -0.3 is 14.8 Å². The van der Waals surface area contributed by atoms with E-state index in [0.29, 0.717) is 5.69 Å². The Balaban J connectivity index is 2.02. The Morgan fingerprint density at radius 3 is 2.52 bits per heavy atom. The quantitative estimate of drug-likeness (QED) is 0.755. The number of aryl methyl sites for hydroxylation is 1. The minimum Gasteiger partial charge on any atom is -0.494 e. The highest BCUT2D eigenvalue weighted by atomic mass is 79.9. The minimum atomic E-state index is -1.05. The van der Waals surface area contributed by atoms with Crippen molar-refractivity contribution in [3.05, 3.63) is 57.8 Å². The predicted molar refractivity (Wildman–Crippen MR) is 95.3 cm³/mol. The van der Waals surface area contributed by atoms with Crippen LogP contribution in [0.15, 0.2) is 40.9 Å². The molecule has 5 nitrogen and oxygen atoms in total. The summed E-state index contributed by atoms with van der Waals surface area (Å²) in [6.07, 6.45) is -1.05. The van der Waals surface area contributed by atoms with Gasteiger partial charge in [-0.15, -0.1) is 0 Å². The summed E-state index contributed by atoms with van der Waals surface area (Å²) in [6, 6.07) is 9.13. The number of ether oxygens (including phenoxy) is 2. The zero-order valence-electron chi connectivity index (χ0n) is 13.9. The SMILES string of the molecule is COc1ccc(C(=O)O[C@@H](C)C(=O)Nc2ccc(C)cc2Br)cc1F. The number of rotatable bonds is 5. The number of carbonyl (C=O) groups is 2. The molecule has 0 heterocycles. The van der Waals surface area contributed by atoms with E-state index < -0.39 is 23.8 Å². The molecule has 0 aliphatic heterocycles. The van der Waals surface area contributed by atoms with Crippen LogP contribution in [0.3, 0.4) is 0 Å². The smallest absolute Gasteiger partial charge is 0.339 e. The van der Waals surface area contributed by atoms with Gasteiger partial charge in [-0.1, -0.05) is 6.07 Å². The maximum atomic E-state index is 13.7. The molecule has 7 heteroatoms. The highest BCUT2D eigenvalue weighted by molar-refractivity contribution is 9.10. The lowest BCUT2D eigenvalue weighted by Gasteiger charge is -2.15. The molecule has 2 aromatic rings. The van der Waals surface area contributed by atoms with E-state index in [0.717, 1.165) is 16.1 Å². The van der Waals surface area contributed by atoms with E-state index in [2.05, 4.69) is 21.2 Å². The second kappa shape index (κ2) is 8.11. The van der Waals surface area contributed by atoms with Crippen LogP contribution in [0.1, 0.15) is 22.8 Å². The van der Waals surface area contributed by atoms with Gasteiger partial charge in [0.25, 0.3) is 5.91 Å². The highest BCUT2D eigenvalue weighted by Crippen LogP contribution is 2.24. The second-order valence-electron chi connectivity index (χ2n) is 5.37. The van der Waals surface area contributed by atoms with E-state index in [4.69, 9.17) is 9.47 Å². The molecule has 0 radical (unpaired) electrons. The molecule has 0 bridgehead atoms. The molecular formula is C18H17BrFNO4. The molecule has 0 aromatic heterocycles. The van der Waals surface area contributed by atoms with Gasteiger partial charge in [-0.25, -0.2) is 9.18 Å². The van der Waals surface area contributed by atoms with Crippen LogP contribution in [-0.4, -0.2) is 25.1 Å². The van der Waals surface area contributed by atoms with Crippen LogP contribution in [0.5, 0.6) is 5.75 Å². The number of halogens is 2. The van der Waals surface area contributed by atoms with Crippen LogP contribution >= 0.6 is 15.9 Å². The number of benzene rings is 2. The highest BCUT2D eigenvalue weighted by Gasteiger charge is 2.20. The number of carbonyl (C=O) groups excluding carboxylic acids is 2. The van der Waals surface area contributed by atoms with Gasteiger partial charge in [0.15, 0.2) is 17.7 Å². The summed E-state index contributed by atoms with van der Waals surface area (Å²) in [7, 11) is 1.33. The average Bonchev–Trinajstić information content (AvgIpc) is 2.57. The molecule has 0 aliphatic rings. The Bertz CT molecular complexity index is 810. The first-order valence-corrected chi connectivity index (χ1v) is 8.22. The summed E-state index contributed by atoms with van der Waals surface area (Å²) in [5.74, 6) is -1.96. The van der Waals surface area contributed by atoms with Gasteiger partial charge in [0.2, 0.25) is 0 Å². The van der Waals surface area contributed by atoms with Crippen LogP contribution < -0.4 is 10.1 Å². The van der Waals surface area contributed by atoms with E-state index >= 15 is 0 Å². The lowest BCUT2D eigenvalue weighted by Crippen LogP contribution is -2.30. The number of esters is 1. The molecule has 0 aliphatic carbocycles. The van der Waals surface area contributed by atoms with Crippen LogP contribution in [0.2, 0.25) is 0 Å². The molecular weight excluding hydrogens is 393 g/mol. The van der Waals surface area contributed by atoms with Crippen molar-refractivity contribution in [1.82, 2.24) is 0 Å². The molecule has 0 saturated carbocycles. The predicted octanol–water partition coefficient (Wildman–Crippen LogP) is 4.09. The minimum absolute atomic E-state index is 0.00512. The number of hydrogen-bond donors (Lipinski definition) is 1. The number of hydrogen-bond acceptors (Lipinski definition) is 4. The fourth-order valence-corrected chi connectivity index (χ4v) is 2.62. The second-order valence-corrected chi connectivity index (χ2v) is 6.22. The number of anilines is 1. The number of amides is 1. The van der Waals surface area contributed by atoms with Crippen molar-refractivity contribution in [1.29, 1.82) is 0 Å². The summed E-state index contributed by atoms with van der Waals surface area (Å²) >= 11 is 3.36. The molecule has 25 heavy (non-hydrogen) atoms. The molecule has 0 fully saturated rings. The fraction of sp³-hybridized carbons (Fsp3) is 0.222. The molecule has 0 unspecified atom stereocenters. The van der Waals surface area contributed by atoms with Crippen LogP contribution in [-0.2, 0) is 9.53 Å². The third-order valence-corrected chi connectivity index (χ3v) is 4.08. The zero-order valence-corrected chi connectivity index (χ0v) is 15.5. The first-order valence-electron chi connectivity index (χ1n) is 7.43. The zero-order chi connectivity index (χ0) is 18.6. The van der Waals surface area contributed by atoms with Crippen molar-refractivity contribution in [3.63, 3.8) is 0 Å². The van der Waals surface area contributed by atoms with E-state index in [1.54, 1.807) is 6.07 Å². The van der Waals surface area contributed by atoms with Crippen molar-refractivity contribution >= 4 is 33.5 Å². The molecule has 1 N–H and O–H groups in total. The third-order valence-electron chi connectivity index (χ3n) is 3.42. The van der Waals surface area contributed by atoms with Crippen molar-refractivity contribution in [3.8, 4) is 5.75 Å². The molecule has 0 saturated heterocycles. The van der Waals surface area contributed by atoms with E-state index in [-0.39, 0.29) is 11.3 Å². The summed E-state index contributed by atoms with van der Waals surface area (Å²) in [4.78, 5) is 24.2. The topological polar surface area (TPSA) is 64.6 Å².